The first-order valence-corrected chi connectivity index (χ1v) is 9.52. The molecule has 1 N–H and O–H groups in total. The fraction of sp³-hybridized carbons (Fsp3) is 0.118. The molecule has 0 aliphatic heterocycles. The summed E-state index contributed by atoms with van der Waals surface area (Å²) in [5.41, 5.74) is 1.68. The van der Waals surface area contributed by atoms with Gasteiger partial charge in [0.25, 0.3) is 0 Å². The number of hydrogen-bond acceptors (Lipinski definition) is 4. The number of halogens is 2. The molecule has 25 heavy (non-hydrogen) atoms. The number of hydrogen-bond donors (Lipinski definition) is 1. The number of rotatable bonds is 5. The zero-order valence-electron chi connectivity index (χ0n) is 13.2. The predicted molar refractivity (Wildman–Crippen MR) is 105 cm³/mol. The second-order valence-electron chi connectivity index (χ2n) is 5.22. The van der Waals surface area contributed by atoms with Gasteiger partial charge in [-0.05, 0) is 48.5 Å². The van der Waals surface area contributed by atoms with Gasteiger partial charge >= 0.3 is 0 Å². The number of thioether (sulfide) groups is 1. The van der Waals surface area contributed by atoms with E-state index in [2.05, 4.69) is 31.4 Å². The van der Waals surface area contributed by atoms with Crippen molar-refractivity contribution in [2.24, 2.45) is 7.05 Å². The lowest BCUT2D eigenvalue weighted by Crippen LogP contribution is -2.14. The third-order valence-electron chi connectivity index (χ3n) is 3.40. The number of carbonyl (C=O) groups excluding carboxylic acids is 1. The van der Waals surface area contributed by atoms with E-state index < -0.39 is 0 Å². The maximum Gasteiger partial charge on any atom is 0.234 e. The summed E-state index contributed by atoms with van der Waals surface area (Å²) in [5.74, 6) is 0.888. The molecule has 0 unspecified atom stereocenters. The van der Waals surface area contributed by atoms with Crippen molar-refractivity contribution in [1.29, 1.82) is 0 Å². The minimum absolute atomic E-state index is 0.0941. The first-order valence-electron chi connectivity index (χ1n) is 7.36. The van der Waals surface area contributed by atoms with Gasteiger partial charge in [-0.15, -0.1) is 10.2 Å². The van der Waals surface area contributed by atoms with Crippen LogP contribution in [-0.2, 0) is 11.8 Å². The number of anilines is 1. The van der Waals surface area contributed by atoms with E-state index in [0.29, 0.717) is 10.2 Å². The molecule has 0 saturated heterocycles. The van der Waals surface area contributed by atoms with Crippen LogP contribution >= 0.6 is 39.3 Å². The third kappa shape index (κ3) is 4.62. The van der Waals surface area contributed by atoms with Crippen LogP contribution in [0.5, 0.6) is 0 Å². The summed E-state index contributed by atoms with van der Waals surface area (Å²) in [4.78, 5) is 12.1. The lowest BCUT2D eigenvalue weighted by Gasteiger charge is -2.06. The quantitative estimate of drug-likeness (QED) is 0.591. The molecule has 0 saturated carbocycles. The Hall–Kier alpha value is -1.83. The Morgan fingerprint density at radius 2 is 1.84 bits per heavy atom. The van der Waals surface area contributed by atoms with Gasteiger partial charge in [0.15, 0.2) is 11.0 Å². The summed E-state index contributed by atoms with van der Waals surface area (Å²) >= 11 is 10.6. The molecule has 0 fully saturated rings. The van der Waals surface area contributed by atoms with Crippen LogP contribution in [0, 0.1) is 0 Å². The molecular weight excluding hydrogens is 424 g/mol. The average molecular weight is 438 g/mol. The van der Waals surface area contributed by atoms with Crippen LogP contribution in [0.4, 0.5) is 5.69 Å². The van der Waals surface area contributed by atoms with Crippen molar-refractivity contribution in [1.82, 2.24) is 14.8 Å². The number of carbonyl (C=O) groups is 1. The van der Waals surface area contributed by atoms with Gasteiger partial charge in [0.2, 0.25) is 5.91 Å². The molecule has 2 aromatic carbocycles. The highest BCUT2D eigenvalue weighted by Crippen LogP contribution is 2.24. The van der Waals surface area contributed by atoms with Gasteiger partial charge in [0, 0.05) is 27.8 Å². The summed E-state index contributed by atoms with van der Waals surface area (Å²) in [6.07, 6.45) is 0. The van der Waals surface area contributed by atoms with E-state index in [4.69, 9.17) is 11.6 Å². The maximum absolute atomic E-state index is 12.1. The first-order chi connectivity index (χ1) is 12.0. The molecule has 0 atom stereocenters. The Bertz CT molecular complexity index is 881. The second-order valence-corrected chi connectivity index (χ2v) is 7.51. The maximum atomic E-state index is 12.1. The minimum atomic E-state index is -0.0941. The normalized spacial score (nSPS) is 10.7. The zero-order chi connectivity index (χ0) is 17.8. The molecule has 0 spiro atoms. The van der Waals surface area contributed by atoms with Crippen molar-refractivity contribution in [3.63, 3.8) is 0 Å². The van der Waals surface area contributed by atoms with Crippen molar-refractivity contribution >= 4 is 50.9 Å². The summed E-state index contributed by atoms with van der Waals surface area (Å²) in [5, 5.41) is 12.6. The van der Waals surface area contributed by atoms with Crippen LogP contribution in [0.25, 0.3) is 11.4 Å². The molecule has 8 heteroatoms. The standard InChI is InChI=1S/C17H14BrClN4OS/c1-23-16(11-2-6-13(19)7-3-11)21-22-17(23)25-10-15(24)20-14-8-4-12(18)5-9-14/h2-9H,10H2,1H3,(H,20,24). The molecule has 5 nitrogen and oxygen atoms in total. The van der Waals surface area contributed by atoms with E-state index in [1.54, 1.807) is 0 Å². The second kappa shape index (κ2) is 8.03. The molecule has 3 aromatic rings. The molecule has 0 bridgehead atoms. The van der Waals surface area contributed by atoms with Crippen LogP contribution in [0.2, 0.25) is 5.02 Å². The fourth-order valence-corrected chi connectivity index (χ4v) is 3.25. The third-order valence-corrected chi connectivity index (χ3v) is 5.20. The smallest absolute Gasteiger partial charge is 0.234 e. The van der Waals surface area contributed by atoms with Gasteiger partial charge in [-0.25, -0.2) is 0 Å². The Kier molecular flexibility index (Phi) is 5.78. The molecule has 0 aliphatic carbocycles. The van der Waals surface area contributed by atoms with Crippen LogP contribution < -0.4 is 5.32 Å². The highest BCUT2D eigenvalue weighted by atomic mass is 79.9. The highest BCUT2D eigenvalue weighted by Gasteiger charge is 2.13. The van der Waals surface area contributed by atoms with Gasteiger partial charge in [-0.3, -0.25) is 4.79 Å². The number of amides is 1. The molecule has 1 amide bonds. The van der Waals surface area contributed by atoms with E-state index in [9.17, 15) is 4.79 Å². The van der Waals surface area contributed by atoms with Crippen molar-refractivity contribution in [2.45, 2.75) is 5.16 Å². The Balaban J connectivity index is 1.62. The van der Waals surface area contributed by atoms with Crippen LogP contribution in [0.1, 0.15) is 0 Å². The number of nitrogens with zero attached hydrogens (tertiary/aromatic N) is 3. The van der Waals surface area contributed by atoms with Crippen LogP contribution in [0.15, 0.2) is 58.2 Å². The Labute approximate surface area is 162 Å². The predicted octanol–water partition coefficient (Wildman–Crippen LogP) is 4.63. The van der Waals surface area contributed by atoms with Crippen molar-refractivity contribution in [2.75, 3.05) is 11.1 Å². The van der Waals surface area contributed by atoms with Crippen molar-refractivity contribution in [3.8, 4) is 11.4 Å². The SMILES string of the molecule is Cn1c(SCC(=O)Nc2ccc(Br)cc2)nnc1-c1ccc(Cl)cc1. The van der Waals surface area contributed by atoms with Crippen LogP contribution in [-0.4, -0.2) is 26.4 Å². The van der Waals surface area contributed by atoms with Gasteiger partial charge in [0.05, 0.1) is 5.75 Å². The average Bonchev–Trinajstić information content (AvgIpc) is 2.97. The number of aromatic nitrogens is 3. The molecular formula is C17H14BrClN4OS. The molecule has 1 heterocycles. The Morgan fingerprint density at radius 1 is 1.16 bits per heavy atom. The van der Waals surface area contributed by atoms with Gasteiger partial charge in [0.1, 0.15) is 0 Å². The zero-order valence-corrected chi connectivity index (χ0v) is 16.4. The lowest BCUT2D eigenvalue weighted by molar-refractivity contribution is -0.113. The van der Waals surface area contributed by atoms with E-state index >= 15 is 0 Å². The summed E-state index contributed by atoms with van der Waals surface area (Å²) in [6.45, 7) is 0. The van der Waals surface area contributed by atoms with E-state index in [1.165, 1.54) is 11.8 Å². The van der Waals surface area contributed by atoms with Gasteiger partial charge < -0.3 is 9.88 Å². The van der Waals surface area contributed by atoms with Crippen molar-refractivity contribution < 1.29 is 4.79 Å². The van der Waals surface area contributed by atoms with E-state index in [1.807, 2.05) is 60.1 Å². The molecule has 128 valence electrons. The lowest BCUT2D eigenvalue weighted by atomic mass is 10.2. The minimum Gasteiger partial charge on any atom is -0.325 e. The molecule has 1 aromatic heterocycles. The summed E-state index contributed by atoms with van der Waals surface area (Å²) < 4.78 is 2.83. The molecule has 0 aliphatic rings. The Morgan fingerprint density at radius 3 is 2.52 bits per heavy atom. The van der Waals surface area contributed by atoms with Gasteiger partial charge in [-0.1, -0.05) is 39.3 Å². The van der Waals surface area contributed by atoms with Crippen LogP contribution in [0.3, 0.4) is 0 Å². The topological polar surface area (TPSA) is 59.8 Å². The monoisotopic (exact) mass is 436 g/mol. The number of benzene rings is 2. The van der Waals surface area contributed by atoms with E-state index in [-0.39, 0.29) is 11.7 Å². The number of nitrogens with one attached hydrogen (secondary N) is 1. The van der Waals surface area contributed by atoms with E-state index in [0.717, 1.165) is 21.5 Å². The molecule has 0 radical (unpaired) electrons. The largest absolute Gasteiger partial charge is 0.325 e. The fourth-order valence-electron chi connectivity index (χ4n) is 2.15. The van der Waals surface area contributed by atoms with Gasteiger partial charge in [-0.2, -0.15) is 0 Å². The summed E-state index contributed by atoms with van der Waals surface area (Å²) in [7, 11) is 1.87. The van der Waals surface area contributed by atoms with Crippen molar-refractivity contribution in [3.05, 3.63) is 58.0 Å². The first kappa shape index (κ1) is 18.0. The molecule has 3 rings (SSSR count). The highest BCUT2D eigenvalue weighted by molar-refractivity contribution is 9.10. The summed E-state index contributed by atoms with van der Waals surface area (Å²) in [6, 6.07) is 14.8.